The number of ether oxygens (including phenoxy) is 2. The van der Waals surface area contributed by atoms with Crippen molar-refractivity contribution in [1.29, 1.82) is 0 Å². The average Bonchev–Trinajstić information content (AvgIpc) is 2.87. The van der Waals surface area contributed by atoms with E-state index >= 15 is 0 Å². The molecule has 0 N–H and O–H groups in total. The molecule has 0 aromatic heterocycles. The van der Waals surface area contributed by atoms with Crippen molar-refractivity contribution < 1.29 is 9.47 Å². The predicted molar refractivity (Wildman–Crippen MR) is 56.5 cm³/mol. The molecule has 2 atom stereocenters. The fourth-order valence-electron chi connectivity index (χ4n) is 2.06. The smallest absolute Gasteiger partial charge is 0.140 e. The Morgan fingerprint density at radius 3 is 2.93 bits per heavy atom. The lowest BCUT2D eigenvalue weighted by atomic mass is 9.94. The lowest BCUT2D eigenvalue weighted by molar-refractivity contribution is 0.0717. The maximum atomic E-state index is 5.93. The summed E-state index contributed by atoms with van der Waals surface area (Å²) in [5, 5.41) is 0. The quantitative estimate of drug-likeness (QED) is 0.664. The highest BCUT2D eigenvalue weighted by molar-refractivity contribution is 9.10. The summed E-state index contributed by atoms with van der Waals surface area (Å²) in [6.07, 6.45) is 0.468. The van der Waals surface area contributed by atoms with Crippen molar-refractivity contribution in [2.45, 2.75) is 31.7 Å². The van der Waals surface area contributed by atoms with Gasteiger partial charge < -0.3 is 9.47 Å². The zero-order chi connectivity index (χ0) is 9.92. The van der Waals surface area contributed by atoms with Gasteiger partial charge in [-0.15, -0.1) is 0 Å². The molecule has 3 heteroatoms. The second-order valence-electron chi connectivity index (χ2n) is 4.34. The van der Waals surface area contributed by atoms with Crippen molar-refractivity contribution in [1.82, 2.24) is 0 Å². The maximum absolute atomic E-state index is 5.93. The number of benzene rings is 1. The minimum absolute atomic E-state index is 0.207. The van der Waals surface area contributed by atoms with E-state index in [0.29, 0.717) is 0 Å². The van der Waals surface area contributed by atoms with Crippen LogP contribution in [0.15, 0.2) is 22.7 Å². The number of fused-ring (bicyclic) bond motifs is 3. The van der Waals surface area contributed by atoms with E-state index in [2.05, 4.69) is 35.8 Å². The summed E-state index contributed by atoms with van der Waals surface area (Å²) in [5.41, 5.74) is 0.963. The molecule has 0 amide bonds. The van der Waals surface area contributed by atoms with Crippen molar-refractivity contribution in [3.05, 3.63) is 28.2 Å². The molecule has 14 heavy (non-hydrogen) atoms. The van der Waals surface area contributed by atoms with Gasteiger partial charge in [-0.1, -0.05) is 12.1 Å². The minimum Gasteiger partial charge on any atom is -0.483 e. The zero-order valence-electron chi connectivity index (χ0n) is 8.08. The van der Waals surface area contributed by atoms with E-state index < -0.39 is 0 Å². The van der Waals surface area contributed by atoms with Crippen molar-refractivity contribution in [3.63, 3.8) is 0 Å². The molecule has 74 valence electrons. The maximum Gasteiger partial charge on any atom is 0.140 e. The highest BCUT2D eigenvalue weighted by Crippen LogP contribution is 2.55. The Hall–Kier alpha value is -0.540. The van der Waals surface area contributed by atoms with E-state index in [-0.39, 0.29) is 17.8 Å². The summed E-state index contributed by atoms with van der Waals surface area (Å²) in [5.74, 6) is 0.941. The minimum atomic E-state index is -0.207. The van der Waals surface area contributed by atoms with Gasteiger partial charge in [-0.05, 0) is 35.8 Å². The molecule has 0 radical (unpaired) electrons. The number of hydrogen-bond donors (Lipinski definition) is 0. The summed E-state index contributed by atoms with van der Waals surface area (Å²) in [6.45, 7) is 4.14. The van der Waals surface area contributed by atoms with Gasteiger partial charge in [0, 0.05) is 5.56 Å². The van der Waals surface area contributed by atoms with Crippen LogP contribution in [0.2, 0.25) is 0 Å². The molecular weight excluding hydrogens is 244 g/mol. The second kappa shape index (κ2) is 2.52. The third-order valence-electron chi connectivity index (χ3n) is 2.85. The molecule has 2 aliphatic heterocycles. The molecule has 1 saturated heterocycles. The Balaban J connectivity index is 2.15. The first kappa shape index (κ1) is 8.74. The summed E-state index contributed by atoms with van der Waals surface area (Å²) in [4.78, 5) is 0. The van der Waals surface area contributed by atoms with E-state index in [0.717, 1.165) is 10.2 Å². The normalized spacial score (nSPS) is 31.4. The SMILES string of the molecule is CC1(C)Oc2c(Br)cccc2[C@H]2O[C@H]21. The van der Waals surface area contributed by atoms with Crippen LogP contribution in [0.25, 0.3) is 0 Å². The fourth-order valence-corrected chi connectivity index (χ4v) is 2.52. The van der Waals surface area contributed by atoms with E-state index in [4.69, 9.17) is 9.47 Å². The van der Waals surface area contributed by atoms with Crippen molar-refractivity contribution in [2.24, 2.45) is 0 Å². The molecule has 1 aromatic rings. The Kier molecular flexibility index (Phi) is 1.58. The highest BCUT2D eigenvalue weighted by atomic mass is 79.9. The molecule has 0 bridgehead atoms. The first-order valence-corrected chi connectivity index (χ1v) is 5.52. The van der Waals surface area contributed by atoms with Crippen LogP contribution >= 0.6 is 15.9 Å². The van der Waals surface area contributed by atoms with Crippen LogP contribution in [0.4, 0.5) is 0 Å². The third kappa shape index (κ3) is 1.06. The van der Waals surface area contributed by atoms with Crippen LogP contribution in [-0.2, 0) is 4.74 Å². The Morgan fingerprint density at radius 1 is 1.36 bits per heavy atom. The number of hydrogen-bond acceptors (Lipinski definition) is 2. The predicted octanol–water partition coefficient (Wildman–Crippen LogP) is 3.06. The standard InChI is InChI=1S/C11H11BrO2/c1-11(2)10-9(13-10)6-4-3-5-7(12)8(6)14-11/h3-5,9-10H,1-2H3/t9-,10-/m1/s1. The molecule has 2 aliphatic rings. The molecule has 0 spiro atoms. The Bertz CT molecular complexity index is 400. The number of para-hydroxylation sites is 1. The monoisotopic (exact) mass is 254 g/mol. The van der Waals surface area contributed by atoms with Crippen LogP contribution < -0.4 is 4.74 Å². The molecule has 0 saturated carbocycles. The number of halogens is 1. The highest BCUT2D eigenvalue weighted by Gasteiger charge is 2.56. The van der Waals surface area contributed by atoms with E-state index in [1.807, 2.05) is 12.1 Å². The average molecular weight is 255 g/mol. The van der Waals surface area contributed by atoms with Gasteiger partial charge >= 0.3 is 0 Å². The Labute approximate surface area is 91.3 Å². The second-order valence-corrected chi connectivity index (χ2v) is 5.20. The summed E-state index contributed by atoms with van der Waals surface area (Å²) >= 11 is 3.50. The lowest BCUT2D eigenvalue weighted by Gasteiger charge is -2.30. The summed E-state index contributed by atoms with van der Waals surface area (Å²) < 4.78 is 12.6. The Morgan fingerprint density at radius 2 is 2.14 bits per heavy atom. The topological polar surface area (TPSA) is 21.8 Å². The molecule has 1 fully saturated rings. The molecular formula is C11H11BrO2. The fraction of sp³-hybridized carbons (Fsp3) is 0.455. The van der Waals surface area contributed by atoms with Crippen LogP contribution in [0.3, 0.4) is 0 Å². The van der Waals surface area contributed by atoms with Crippen molar-refractivity contribution in [2.75, 3.05) is 0 Å². The van der Waals surface area contributed by atoms with Crippen LogP contribution in [0.1, 0.15) is 25.5 Å². The molecule has 3 rings (SSSR count). The van der Waals surface area contributed by atoms with Crippen molar-refractivity contribution in [3.8, 4) is 5.75 Å². The van der Waals surface area contributed by atoms with E-state index in [9.17, 15) is 0 Å². The zero-order valence-corrected chi connectivity index (χ0v) is 9.67. The molecule has 2 nitrogen and oxygen atoms in total. The summed E-state index contributed by atoms with van der Waals surface area (Å²) in [7, 11) is 0. The van der Waals surface area contributed by atoms with Gasteiger partial charge in [0.05, 0.1) is 4.47 Å². The van der Waals surface area contributed by atoms with Gasteiger partial charge in [-0.3, -0.25) is 0 Å². The first-order chi connectivity index (χ1) is 6.59. The van der Waals surface area contributed by atoms with Crippen LogP contribution in [-0.4, -0.2) is 11.7 Å². The molecule has 1 aromatic carbocycles. The number of epoxide rings is 1. The lowest BCUT2D eigenvalue weighted by Crippen LogP contribution is -2.37. The van der Waals surface area contributed by atoms with Crippen LogP contribution in [0, 0.1) is 0 Å². The van der Waals surface area contributed by atoms with Gasteiger partial charge in [0.1, 0.15) is 23.6 Å². The molecule has 0 aliphatic carbocycles. The van der Waals surface area contributed by atoms with Gasteiger partial charge in [0.2, 0.25) is 0 Å². The summed E-state index contributed by atoms with van der Waals surface area (Å²) in [6, 6.07) is 6.08. The first-order valence-electron chi connectivity index (χ1n) is 4.72. The third-order valence-corrected chi connectivity index (χ3v) is 3.47. The van der Waals surface area contributed by atoms with Gasteiger partial charge in [0.15, 0.2) is 0 Å². The van der Waals surface area contributed by atoms with E-state index in [1.54, 1.807) is 0 Å². The van der Waals surface area contributed by atoms with E-state index in [1.165, 1.54) is 5.56 Å². The van der Waals surface area contributed by atoms with Gasteiger partial charge in [-0.2, -0.15) is 0 Å². The molecule has 0 unspecified atom stereocenters. The number of rotatable bonds is 0. The largest absolute Gasteiger partial charge is 0.483 e. The van der Waals surface area contributed by atoms with Gasteiger partial charge in [0.25, 0.3) is 0 Å². The van der Waals surface area contributed by atoms with Gasteiger partial charge in [-0.25, -0.2) is 0 Å². The molecule has 2 heterocycles. The van der Waals surface area contributed by atoms with Crippen molar-refractivity contribution >= 4 is 15.9 Å². The van der Waals surface area contributed by atoms with Crippen LogP contribution in [0.5, 0.6) is 5.75 Å².